The van der Waals surface area contributed by atoms with Gasteiger partial charge in [0.2, 0.25) is 0 Å². The van der Waals surface area contributed by atoms with Gasteiger partial charge in [-0.05, 0) is 40.8 Å². The maximum atomic E-state index is 3.50. The molecule has 0 saturated carbocycles. The van der Waals surface area contributed by atoms with Gasteiger partial charge >= 0.3 is 0 Å². The summed E-state index contributed by atoms with van der Waals surface area (Å²) in [6.07, 6.45) is 0. The first-order valence-corrected chi connectivity index (χ1v) is 5.42. The number of nitrogens with one attached hydrogen (secondary N) is 1. The van der Waals surface area contributed by atoms with E-state index in [1.807, 2.05) is 0 Å². The maximum absolute atomic E-state index is 3.50. The van der Waals surface area contributed by atoms with Crippen LogP contribution in [0.3, 0.4) is 0 Å². The van der Waals surface area contributed by atoms with Crippen LogP contribution in [0.5, 0.6) is 0 Å². The van der Waals surface area contributed by atoms with Crippen molar-refractivity contribution in [1.29, 1.82) is 0 Å². The van der Waals surface area contributed by atoms with E-state index in [2.05, 4.69) is 51.8 Å². The van der Waals surface area contributed by atoms with Crippen LogP contribution < -0.4 is 5.32 Å². The van der Waals surface area contributed by atoms with Crippen LogP contribution in [0.25, 0.3) is 0 Å². The van der Waals surface area contributed by atoms with Crippen molar-refractivity contribution in [3.63, 3.8) is 0 Å². The molecule has 0 aliphatic heterocycles. The summed E-state index contributed by atoms with van der Waals surface area (Å²) in [6.45, 7) is 16.7. The molecule has 0 aliphatic carbocycles. The third-order valence-electron chi connectivity index (χ3n) is 2.39. The highest BCUT2D eigenvalue weighted by molar-refractivity contribution is 4.81. The lowest BCUT2D eigenvalue weighted by Crippen LogP contribution is -2.50. The molecule has 0 spiro atoms. The highest BCUT2D eigenvalue weighted by Gasteiger charge is 2.20. The van der Waals surface area contributed by atoms with Crippen LogP contribution in [0.15, 0.2) is 0 Å². The first-order valence-electron chi connectivity index (χ1n) is 5.42. The van der Waals surface area contributed by atoms with Crippen LogP contribution in [0.2, 0.25) is 0 Å². The Morgan fingerprint density at radius 2 is 1.77 bits per heavy atom. The summed E-state index contributed by atoms with van der Waals surface area (Å²) in [4.78, 5) is 2.49. The van der Waals surface area contributed by atoms with Crippen LogP contribution in [0, 0.1) is 0 Å². The molecule has 1 N–H and O–H groups in total. The van der Waals surface area contributed by atoms with E-state index >= 15 is 0 Å². The third-order valence-corrected chi connectivity index (χ3v) is 2.39. The first kappa shape index (κ1) is 12.9. The van der Waals surface area contributed by atoms with Crippen molar-refractivity contribution < 1.29 is 0 Å². The van der Waals surface area contributed by atoms with Crippen molar-refractivity contribution in [2.24, 2.45) is 0 Å². The SMILES string of the molecule is CCNC(C)(C)CN(CC)C(C)C. The second kappa shape index (κ2) is 5.61. The van der Waals surface area contributed by atoms with Gasteiger partial charge in [0, 0.05) is 18.1 Å². The Labute approximate surface area is 83.7 Å². The van der Waals surface area contributed by atoms with Gasteiger partial charge in [-0.2, -0.15) is 0 Å². The minimum atomic E-state index is 0.231. The smallest absolute Gasteiger partial charge is 0.0252 e. The van der Waals surface area contributed by atoms with E-state index < -0.39 is 0 Å². The summed E-state index contributed by atoms with van der Waals surface area (Å²) in [5.74, 6) is 0. The fourth-order valence-corrected chi connectivity index (χ4v) is 1.70. The fourth-order valence-electron chi connectivity index (χ4n) is 1.70. The zero-order chi connectivity index (χ0) is 10.5. The van der Waals surface area contributed by atoms with Crippen LogP contribution in [0.1, 0.15) is 41.5 Å². The quantitative estimate of drug-likeness (QED) is 0.683. The minimum Gasteiger partial charge on any atom is -0.311 e. The topological polar surface area (TPSA) is 15.3 Å². The van der Waals surface area contributed by atoms with E-state index in [9.17, 15) is 0 Å². The molecule has 0 fully saturated rings. The summed E-state index contributed by atoms with van der Waals surface area (Å²) in [5.41, 5.74) is 0.231. The number of hydrogen-bond acceptors (Lipinski definition) is 2. The van der Waals surface area contributed by atoms with Crippen molar-refractivity contribution in [2.45, 2.75) is 53.1 Å². The largest absolute Gasteiger partial charge is 0.311 e. The number of rotatable bonds is 6. The maximum Gasteiger partial charge on any atom is 0.0252 e. The molecule has 2 nitrogen and oxygen atoms in total. The second-order valence-corrected chi connectivity index (χ2v) is 4.57. The lowest BCUT2D eigenvalue weighted by atomic mass is 10.0. The predicted molar refractivity (Wildman–Crippen MR) is 60.1 cm³/mol. The van der Waals surface area contributed by atoms with Crippen molar-refractivity contribution >= 4 is 0 Å². The predicted octanol–water partition coefficient (Wildman–Crippen LogP) is 2.10. The highest BCUT2D eigenvalue weighted by atomic mass is 15.2. The summed E-state index contributed by atoms with van der Waals surface area (Å²) in [5, 5.41) is 3.50. The standard InChI is InChI=1S/C11H26N2/c1-7-12-11(5,6)9-13(8-2)10(3)4/h10,12H,7-9H2,1-6H3. The van der Waals surface area contributed by atoms with Crippen molar-refractivity contribution in [2.75, 3.05) is 19.6 Å². The van der Waals surface area contributed by atoms with Gasteiger partial charge in [-0.1, -0.05) is 13.8 Å². The molecule has 0 atom stereocenters. The lowest BCUT2D eigenvalue weighted by molar-refractivity contribution is 0.173. The Kier molecular flexibility index (Phi) is 5.57. The Hall–Kier alpha value is -0.0800. The monoisotopic (exact) mass is 186 g/mol. The summed E-state index contributed by atoms with van der Waals surface area (Å²) in [6, 6.07) is 0.642. The average molecular weight is 186 g/mol. The summed E-state index contributed by atoms with van der Waals surface area (Å²) in [7, 11) is 0. The van der Waals surface area contributed by atoms with Gasteiger partial charge in [0.1, 0.15) is 0 Å². The fraction of sp³-hybridized carbons (Fsp3) is 1.00. The van der Waals surface area contributed by atoms with Crippen molar-refractivity contribution in [1.82, 2.24) is 10.2 Å². The summed E-state index contributed by atoms with van der Waals surface area (Å²) < 4.78 is 0. The Morgan fingerprint density at radius 1 is 1.23 bits per heavy atom. The van der Waals surface area contributed by atoms with Gasteiger partial charge in [-0.15, -0.1) is 0 Å². The van der Waals surface area contributed by atoms with Crippen LogP contribution in [-0.2, 0) is 0 Å². The molecule has 2 heteroatoms. The van der Waals surface area contributed by atoms with Gasteiger partial charge in [0.15, 0.2) is 0 Å². The molecule has 0 amide bonds. The van der Waals surface area contributed by atoms with Gasteiger partial charge < -0.3 is 5.32 Å². The normalized spacial score (nSPS) is 12.9. The molecule has 0 heterocycles. The van der Waals surface area contributed by atoms with E-state index in [1.165, 1.54) is 0 Å². The van der Waals surface area contributed by atoms with E-state index in [0.717, 1.165) is 19.6 Å². The van der Waals surface area contributed by atoms with E-state index in [1.54, 1.807) is 0 Å². The highest BCUT2D eigenvalue weighted by Crippen LogP contribution is 2.08. The molecule has 0 saturated heterocycles. The van der Waals surface area contributed by atoms with Gasteiger partial charge in [0.25, 0.3) is 0 Å². The molecule has 0 rings (SSSR count). The van der Waals surface area contributed by atoms with Crippen molar-refractivity contribution in [3.05, 3.63) is 0 Å². The molecule has 0 aromatic rings. The van der Waals surface area contributed by atoms with Gasteiger partial charge in [-0.3, -0.25) is 4.90 Å². The molecule has 0 radical (unpaired) electrons. The van der Waals surface area contributed by atoms with E-state index in [4.69, 9.17) is 0 Å². The van der Waals surface area contributed by atoms with Gasteiger partial charge in [0.05, 0.1) is 0 Å². The Morgan fingerprint density at radius 3 is 2.08 bits per heavy atom. The number of nitrogens with zero attached hydrogens (tertiary/aromatic N) is 1. The van der Waals surface area contributed by atoms with E-state index in [0.29, 0.717) is 6.04 Å². The minimum absolute atomic E-state index is 0.231. The molecule has 80 valence electrons. The third kappa shape index (κ3) is 5.27. The molecular formula is C11H26N2. The van der Waals surface area contributed by atoms with Gasteiger partial charge in [-0.25, -0.2) is 0 Å². The number of likely N-dealkylation sites (N-methyl/N-ethyl adjacent to an activating group) is 2. The van der Waals surface area contributed by atoms with E-state index in [-0.39, 0.29) is 5.54 Å². The van der Waals surface area contributed by atoms with Crippen LogP contribution in [-0.4, -0.2) is 36.1 Å². The second-order valence-electron chi connectivity index (χ2n) is 4.57. The molecule has 13 heavy (non-hydrogen) atoms. The molecular weight excluding hydrogens is 160 g/mol. The molecule has 0 aliphatic rings. The van der Waals surface area contributed by atoms with Crippen LogP contribution in [0.4, 0.5) is 0 Å². The molecule has 0 unspecified atom stereocenters. The molecule has 0 aromatic carbocycles. The molecule has 0 aromatic heterocycles. The zero-order valence-electron chi connectivity index (χ0n) is 10.1. The zero-order valence-corrected chi connectivity index (χ0v) is 10.1. The first-order chi connectivity index (χ1) is 5.93. The van der Waals surface area contributed by atoms with Crippen LogP contribution >= 0.6 is 0 Å². The number of hydrogen-bond donors (Lipinski definition) is 1. The Balaban J connectivity index is 4.05. The van der Waals surface area contributed by atoms with Crippen molar-refractivity contribution in [3.8, 4) is 0 Å². The average Bonchev–Trinajstić information content (AvgIpc) is 1.99. The Bertz CT molecular complexity index is 130. The lowest BCUT2D eigenvalue weighted by Gasteiger charge is -2.35. The molecule has 0 bridgehead atoms. The summed E-state index contributed by atoms with van der Waals surface area (Å²) >= 11 is 0.